The van der Waals surface area contributed by atoms with Crippen LogP contribution in [0.25, 0.3) is 0 Å². The number of hydrogen-bond donors (Lipinski definition) is 2. The molecule has 100 valence electrons. The minimum atomic E-state index is -0.130. The summed E-state index contributed by atoms with van der Waals surface area (Å²) in [5.74, 6) is 0.0649. The van der Waals surface area contributed by atoms with Gasteiger partial charge in [0.15, 0.2) is 0 Å². The molecule has 0 atom stereocenters. The third kappa shape index (κ3) is 3.25. The molecule has 0 unspecified atom stereocenters. The summed E-state index contributed by atoms with van der Waals surface area (Å²) in [5, 5.41) is 6.03. The average Bonchev–Trinajstić information content (AvgIpc) is 2.25. The number of rotatable bonds is 4. The minimum Gasteiger partial charge on any atom is -0.345 e. The first-order valence-electron chi connectivity index (χ1n) is 5.88. The highest BCUT2D eigenvalue weighted by molar-refractivity contribution is 9.10. The lowest BCUT2D eigenvalue weighted by Gasteiger charge is -2.43. The molecule has 1 fully saturated rings. The van der Waals surface area contributed by atoms with Crippen molar-refractivity contribution in [2.75, 3.05) is 13.6 Å². The van der Waals surface area contributed by atoms with Crippen molar-refractivity contribution in [1.82, 2.24) is 10.6 Å². The number of nitrogens with one attached hydrogen (secondary N) is 2. The number of likely N-dealkylation sites (N-methyl/N-ethyl adjacent to an activating group) is 1. The number of benzene rings is 1. The Morgan fingerprint density at radius 2 is 1.94 bits per heavy atom. The first-order valence-corrected chi connectivity index (χ1v) is 6.67. The van der Waals surface area contributed by atoms with Crippen molar-refractivity contribution in [2.24, 2.45) is 0 Å². The van der Waals surface area contributed by atoms with Crippen LogP contribution in [0, 0.1) is 0 Å². The Kier molecular flexibility index (Phi) is 5.63. The van der Waals surface area contributed by atoms with Gasteiger partial charge in [0, 0.05) is 4.47 Å². The Hall–Kier alpha value is -0.580. The van der Waals surface area contributed by atoms with Crippen LogP contribution in [0.5, 0.6) is 0 Å². The van der Waals surface area contributed by atoms with Crippen molar-refractivity contribution < 1.29 is 4.79 Å². The lowest BCUT2D eigenvalue weighted by molar-refractivity contribution is -0.123. The zero-order chi connectivity index (χ0) is 12.3. The molecule has 18 heavy (non-hydrogen) atoms. The molecule has 1 aromatic carbocycles. The van der Waals surface area contributed by atoms with E-state index in [9.17, 15) is 4.79 Å². The lowest BCUT2D eigenvalue weighted by atomic mass is 9.72. The molecule has 5 heteroatoms. The van der Waals surface area contributed by atoms with E-state index in [0.717, 1.165) is 17.3 Å². The van der Waals surface area contributed by atoms with Crippen LogP contribution in [0.4, 0.5) is 0 Å². The molecular formula is C13H18BrClN2O. The zero-order valence-electron chi connectivity index (χ0n) is 10.3. The molecule has 1 saturated carbocycles. The minimum absolute atomic E-state index is 0. The third-order valence-corrected chi connectivity index (χ3v) is 3.85. The molecule has 0 aliphatic heterocycles. The van der Waals surface area contributed by atoms with Gasteiger partial charge in [-0.3, -0.25) is 4.79 Å². The van der Waals surface area contributed by atoms with Crippen molar-refractivity contribution in [3.63, 3.8) is 0 Å². The van der Waals surface area contributed by atoms with Gasteiger partial charge in [-0.15, -0.1) is 12.4 Å². The normalized spacial score (nSPS) is 16.3. The Morgan fingerprint density at radius 3 is 2.39 bits per heavy atom. The van der Waals surface area contributed by atoms with E-state index in [-0.39, 0.29) is 23.9 Å². The Balaban J connectivity index is 0.00000162. The summed E-state index contributed by atoms with van der Waals surface area (Å²) in [5.41, 5.74) is 1.07. The van der Waals surface area contributed by atoms with Gasteiger partial charge in [-0.25, -0.2) is 0 Å². The van der Waals surface area contributed by atoms with Crippen LogP contribution in [0.3, 0.4) is 0 Å². The summed E-state index contributed by atoms with van der Waals surface area (Å²) in [7, 11) is 1.78. The molecule has 0 saturated heterocycles. The largest absolute Gasteiger partial charge is 0.345 e. The first kappa shape index (κ1) is 15.5. The molecule has 3 nitrogen and oxygen atoms in total. The van der Waals surface area contributed by atoms with Gasteiger partial charge in [-0.2, -0.15) is 0 Å². The van der Waals surface area contributed by atoms with E-state index < -0.39 is 0 Å². The maximum atomic E-state index is 11.7. The van der Waals surface area contributed by atoms with Crippen LogP contribution >= 0.6 is 28.3 Å². The van der Waals surface area contributed by atoms with E-state index >= 15 is 0 Å². The molecule has 1 aliphatic rings. The van der Waals surface area contributed by atoms with Crippen LogP contribution in [-0.2, 0) is 10.3 Å². The topological polar surface area (TPSA) is 41.1 Å². The Labute approximate surface area is 122 Å². The maximum Gasteiger partial charge on any atom is 0.234 e. The molecule has 1 amide bonds. The van der Waals surface area contributed by atoms with Gasteiger partial charge in [0.25, 0.3) is 0 Å². The summed E-state index contributed by atoms with van der Waals surface area (Å²) < 4.78 is 1.07. The third-order valence-electron chi connectivity index (χ3n) is 3.32. The monoisotopic (exact) mass is 332 g/mol. The average molecular weight is 334 g/mol. The summed E-state index contributed by atoms with van der Waals surface area (Å²) in [4.78, 5) is 11.7. The van der Waals surface area contributed by atoms with Gasteiger partial charge >= 0.3 is 0 Å². The molecule has 2 rings (SSSR count). The number of carbonyl (C=O) groups excluding carboxylic acids is 1. The van der Waals surface area contributed by atoms with E-state index in [2.05, 4.69) is 38.7 Å². The fraction of sp³-hybridized carbons (Fsp3) is 0.462. The molecular weight excluding hydrogens is 316 g/mol. The molecule has 2 N–H and O–H groups in total. The molecule has 1 aliphatic carbocycles. The summed E-state index contributed by atoms with van der Waals surface area (Å²) in [6.07, 6.45) is 3.24. The summed E-state index contributed by atoms with van der Waals surface area (Å²) in [6.45, 7) is 0.373. The Bertz CT molecular complexity index is 404. The second kappa shape index (κ2) is 6.55. The highest BCUT2D eigenvalue weighted by Crippen LogP contribution is 2.41. The molecule has 0 aromatic heterocycles. The van der Waals surface area contributed by atoms with E-state index in [1.54, 1.807) is 7.05 Å². The maximum absolute atomic E-state index is 11.7. The molecule has 1 aromatic rings. The number of hydrogen-bond acceptors (Lipinski definition) is 2. The van der Waals surface area contributed by atoms with Gasteiger partial charge in [0.1, 0.15) is 0 Å². The van der Waals surface area contributed by atoms with E-state index in [1.807, 2.05) is 12.1 Å². The van der Waals surface area contributed by atoms with Gasteiger partial charge in [-0.1, -0.05) is 28.1 Å². The highest BCUT2D eigenvalue weighted by Gasteiger charge is 2.39. The standard InChI is InChI=1S/C13H17BrN2O.ClH/c1-15-9-12(17)16-13(7-2-8-13)10-3-5-11(14)6-4-10;/h3-6,15H,2,7-9H2,1H3,(H,16,17);1H. The van der Waals surface area contributed by atoms with Crippen LogP contribution in [0.15, 0.2) is 28.7 Å². The molecule has 0 spiro atoms. The Morgan fingerprint density at radius 1 is 1.33 bits per heavy atom. The second-order valence-corrected chi connectivity index (χ2v) is 5.44. The van der Waals surface area contributed by atoms with E-state index in [0.29, 0.717) is 6.54 Å². The van der Waals surface area contributed by atoms with Crippen molar-refractivity contribution in [1.29, 1.82) is 0 Å². The van der Waals surface area contributed by atoms with Gasteiger partial charge < -0.3 is 10.6 Å². The van der Waals surface area contributed by atoms with E-state index in [1.165, 1.54) is 12.0 Å². The quantitative estimate of drug-likeness (QED) is 0.889. The highest BCUT2D eigenvalue weighted by atomic mass is 79.9. The fourth-order valence-electron chi connectivity index (χ4n) is 2.26. The summed E-state index contributed by atoms with van der Waals surface area (Å²) >= 11 is 3.43. The number of carbonyl (C=O) groups is 1. The first-order chi connectivity index (χ1) is 8.16. The molecule has 0 heterocycles. The van der Waals surface area contributed by atoms with Crippen LogP contribution in [0.1, 0.15) is 24.8 Å². The lowest BCUT2D eigenvalue weighted by Crippen LogP contribution is -2.52. The fourth-order valence-corrected chi connectivity index (χ4v) is 2.52. The van der Waals surface area contributed by atoms with Crippen molar-refractivity contribution in [3.05, 3.63) is 34.3 Å². The van der Waals surface area contributed by atoms with Crippen LogP contribution in [-0.4, -0.2) is 19.5 Å². The van der Waals surface area contributed by atoms with Crippen LogP contribution in [0.2, 0.25) is 0 Å². The van der Waals surface area contributed by atoms with Gasteiger partial charge in [0.2, 0.25) is 5.91 Å². The molecule has 0 radical (unpaired) electrons. The van der Waals surface area contributed by atoms with Crippen molar-refractivity contribution in [2.45, 2.75) is 24.8 Å². The second-order valence-electron chi connectivity index (χ2n) is 4.52. The predicted octanol–water partition coefficient (Wildman–Crippen LogP) is 2.59. The number of halogens is 2. The van der Waals surface area contributed by atoms with E-state index in [4.69, 9.17) is 0 Å². The smallest absolute Gasteiger partial charge is 0.234 e. The number of amides is 1. The van der Waals surface area contributed by atoms with Crippen molar-refractivity contribution in [3.8, 4) is 0 Å². The zero-order valence-corrected chi connectivity index (χ0v) is 12.7. The summed E-state index contributed by atoms with van der Waals surface area (Å²) in [6, 6.07) is 8.23. The van der Waals surface area contributed by atoms with Gasteiger partial charge in [-0.05, 0) is 44.0 Å². The SMILES string of the molecule is CNCC(=O)NC1(c2ccc(Br)cc2)CCC1.Cl. The molecule has 0 bridgehead atoms. The van der Waals surface area contributed by atoms with Crippen molar-refractivity contribution >= 4 is 34.2 Å². The van der Waals surface area contributed by atoms with Gasteiger partial charge in [0.05, 0.1) is 12.1 Å². The predicted molar refractivity (Wildman–Crippen MR) is 79.0 cm³/mol. The van der Waals surface area contributed by atoms with Crippen LogP contribution < -0.4 is 10.6 Å².